The molecule has 1 N–H and O–H groups in total. The summed E-state index contributed by atoms with van der Waals surface area (Å²) in [6.07, 6.45) is 3.64. The van der Waals surface area contributed by atoms with Crippen LogP contribution >= 0.6 is 0 Å². The van der Waals surface area contributed by atoms with Crippen LogP contribution in [0.4, 0.5) is 23.2 Å². The van der Waals surface area contributed by atoms with Crippen LogP contribution < -0.4 is 10.1 Å². The number of carbonyl (C=O) groups is 2. The summed E-state index contributed by atoms with van der Waals surface area (Å²) in [5.41, 5.74) is -0.0431. The van der Waals surface area contributed by atoms with Gasteiger partial charge in [0, 0.05) is 38.2 Å². The van der Waals surface area contributed by atoms with E-state index >= 15 is 0 Å². The number of aromatic nitrogens is 5. The predicted octanol–water partition coefficient (Wildman–Crippen LogP) is 3.51. The average Bonchev–Trinajstić information content (AvgIpc) is 3.47. The van der Waals surface area contributed by atoms with Crippen molar-refractivity contribution in [2.75, 3.05) is 26.1 Å². The van der Waals surface area contributed by atoms with Crippen LogP contribution in [-0.4, -0.2) is 68.5 Å². The molecule has 0 spiro atoms. The van der Waals surface area contributed by atoms with E-state index in [-0.39, 0.29) is 51.9 Å². The number of likely N-dealkylation sites (N-methyl/N-ethyl adjacent to an activating group) is 1. The zero-order valence-electron chi connectivity index (χ0n) is 19.6. The lowest BCUT2D eigenvalue weighted by molar-refractivity contribution is -0.129. The number of amides is 2. The van der Waals surface area contributed by atoms with Gasteiger partial charge in [-0.15, -0.1) is 0 Å². The lowest BCUT2D eigenvalue weighted by Crippen LogP contribution is -2.26. The van der Waals surface area contributed by atoms with Crippen molar-refractivity contribution in [1.82, 2.24) is 29.3 Å². The lowest BCUT2D eigenvalue weighted by atomic mass is 10.0. The molecule has 0 unspecified atom stereocenters. The quantitative estimate of drug-likeness (QED) is 0.339. The van der Waals surface area contributed by atoms with E-state index in [1.54, 1.807) is 12.3 Å². The van der Waals surface area contributed by atoms with E-state index in [9.17, 15) is 27.2 Å². The van der Waals surface area contributed by atoms with Crippen LogP contribution in [0.1, 0.15) is 22.1 Å². The van der Waals surface area contributed by atoms with Gasteiger partial charge in [-0.3, -0.25) is 14.3 Å². The van der Waals surface area contributed by atoms with Crippen molar-refractivity contribution < 1.29 is 31.9 Å². The van der Waals surface area contributed by atoms with Crippen molar-refractivity contribution in [3.63, 3.8) is 0 Å². The molecule has 0 bridgehead atoms. The van der Waals surface area contributed by atoms with Crippen LogP contribution in [0.15, 0.2) is 49.1 Å². The van der Waals surface area contributed by atoms with Crippen molar-refractivity contribution >= 4 is 23.1 Å². The van der Waals surface area contributed by atoms with Gasteiger partial charge in [0.15, 0.2) is 11.8 Å². The van der Waals surface area contributed by atoms with E-state index < -0.39 is 25.4 Å². The monoisotopic (exact) mass is 519 g/mol. The number of hydrogen-bond donors (Lipinski definition) is 1. The van der Waals surface area contributed by atoms with Crippen molar-refractivity contribution in [3.8, 4) is 17.0 Å². The Bertz CT molecular complexity index is 1440. The lowest BCUT2D eigenvalue weighted by Gasteiger charge is -2.14. The van der Waals surface area contributed by atoms with E-state index in [1.807, 2.05) is 0 Å². The topological polar surface area (TPSA) is 107 Å². The van der Waals surface area contributed by atoms with Crippen molar-refractivity contribution in [1.29, 1.82) is 0 Å². The number of rotatable bonds is 9. The van der Waals surface area contributed by atoms with E-state index in [4.69, 9.17) is 0 Å². The highest BCUT2D eigenvalue weighted by molar-refractivity contribution is 6.09. The number of halogens is 4. The van der Waals surface area contributed by atoms with Gasteiger partial charge in [0.2, 0.25) is 5.91 Å². The first-order valence-corrected chi connectivity index (χ1v) is 10.8. The maximum atomic E-state index is 14.1. The second-order valence-electron chi connectivity index (χ2n) is 8.03. The van der Waals surface area contributed by atoms with E-state index in [2.05, 4.69) is 25.2 Å². The van der Waals surface area contributed by atoms with Crippen LogP contribution in [0, 0.1) is 0 Å². The largest absolute Gasteiger partial charge is 0.434 e. The molecule has 0 aliphatic rings. The van der Waals surface area contributed by atoms with Gasteiger partial charge < -0.3 is 15.0 Å². The normalized spacial score (nSPS) is 12.1. The van der Waals surface area contributed by atoms with Gasteiger partial charge in [-0.1, -0.05) is 6.07 Å². The molecule has 10 nitrogen and oxygen atoms in total. The summed E-state index contributed by atoms with van der Waals surface area (Å²) in [6, 6.07) is 4.90. The molecule has 0 saturated carbocycles. The molecule has 1 aromatic carbocycles. The Hall–Kier alpha value is -4.49. The van der Waals surface area contributed by atoms with Crippen LogP contribution in [0.3, 0.4) is 0 Å². The minimum absolute atomic E-state index is 0.00115. The minimum Gasteiger partial charge on any atom is -0.434 e. The standard InChI is InChI=1S/C23H21F4N7O3/c1-32(2)19(35)12-33-11-17(30-22(36)15-10-29-34-7-3-6-28-21(15)34)20(31-33)14-8-13(16(25)9-24)4-5-18(14)37-23(26)27/h3-8,10-11,16,23H,9,12H2,1-2H3,(H,30,36)/t16-/m1/s1. The SMILES string of the molecule is CN(C)C(=O)Cn1cc(NC(=O)c2cnn3cccnc23)c(-c2cc([C@H](F)CF)ccc2OC(F)F)n1. The molecule has 0 aliphatic heterocycles. The third kappa shape index (κ3) is 5.52. The third-order valence-corrected chi connectivity index (χ3v) is 5.30. The summed E-state index contributed by atoms with van der Waals surface area (Å²) in [7, 11) is 3.06. The molecule has 2 amide bonds. The van der Waals surface area contributed by atoms with Gasteiger partial charge in [-0.25, -0.2) is 18.3 Å². The molecule has 4 aromatic rings. The zero-order chi connectivity index (χ0) is 26.7. The van der Waals surface area contributed by atoms with Gasteiger partial charge in [-0.2, -0.15) is 19.0 Å². The number of anilines is 1. The summed E-state index contributed by atoms with van der Waals surface area (Å²) in [5, 5.41) is 10.9. The summed E-state index contributed by atoms with van der Waals surface area (Å²) in [5.74, 6) is -1.40. The van der Waals surface area contributed by atoms with Gasteiger partial charge in [0.1, 0.15) is 30.2 Å². The van der Waals surface area contributed by atoms with Gasteiger partial charge in [-0.05, 0) is 23.8 Å². The molecule has 0 radical (unpaired) electrons. The fourth-order valence-corrected chi connectivity index (χ4v) is 3.47. The summed E-state index contributed by atoms with van der Waals surface area (Å²) < 4.78 is 60.6. The van der Waals surface area contributed by atoms with Crippen molar-refractivity contribution in [2.24, 2.45) is 0 Å². The maximum Gasteiger partial charge on any atom is 0.387 e. The highest BCUT2D eigenvalue weighted by Crippen LogP contribution is 2.38. The second kappa shape index (κ2) is 10.6. The first-order valence-electron chi connectivity index (χ1n) is 10.8. The number of fused-ring (bicyclic) bond motifs is 1. The molecule has 14 heteroatoms. The number of hydrogen-bond acceptors (Lipinski definition) is 6. The first-order chi connectivity index (χ1) is 17.7. The zero-order valence-corrected chi connectivity index (χ0v) is 19.6. The Balaban J connectivity index is 1.81. The van der Waals surface area contributed by atoms with Crippen LogP contribution in [0.5, 0.6) is 5.75 Å². The van der Waals surface area contributed by atoms with Gasteiger partial charge in [0.25, 0.3) is 5.91 Å². The summed E-state index contributed by atoms with van der Waals surface area (Å²) in [6.45, 7) is -4.83. The molecule has 0 fully saturated rings. The highest BCUT2D eigenvalue weighted by Gasteiger charge is 2.24. The smallest absolute Gasteiger partial charge is 0.387 e. The maximum absolute atomic E-state index is 14.1. The minimum atomic E-state index is -3.23. The summed E-state index contributed by atoms with van der Waals surface area (Å²) >= 11 is 0. The molecule has 0 aliphatic carbocycles. The molecule has 37 heavy (non-hydrogen) atoms. The highest BCUT2D eigenvalue weighted by atomic mass is 19.3. The van der Waals surface area contributed by atoms with E-state index in [1.165, 1.54) is 46.8 Å². The molecule has 1 atom stereocenters. The Morgan fingerprint density at radius 3 is 2.70 bits per heavy atom. The number of nitrogens with one attached hydrogen (secondary N) is 1. The van der Waals surface area contributed by atoms with Crippen LogP contribution in [0.25, 0.3) is 16.9 Å². The number of benzene rings is 1. The van der Waals surface area contributed by atoms with Crippen molar-refractivity contribution in [2.45, 2.75) is 19.3 Å². The molecular weight excluding hydrogens is 498 g/mol. The molecule has 3 heterocycles. The van der Waals surface area contributed by atoms with E-state index in [0.717, 1.165) is 18.2 Å². The Morgan fingerprint density at radius 1 is 1.22 bits per heavy atom. The Kier molecular flexibility index (Phi) is 7.36. The number of nitrogens with zero attached hydrogens (tertiary/aromatic N) is 6. The van der Waals surface area contributed by atoms with Crippen LogP contribution in [-0.2, 0) is 11.3 Å². The number of carbonyl (C=O) groups excluding carboxylic acids is 2. The fourth-order valence-electron chi connectivity index (χ4n) is 3.47. The molecule has 4 rings (SSSR count). The molecule has 3 aromatic heterocycles. The molecule has 194 valence electrons. The summed E-state index contributed by atoms with van der Waals surface area (Å²) in [4.78, 5) is 30.8. The average molecular weight is 519 g/mol. The number of alkyl halides is 4. The third-order valence-electron chi connectivity index (χ3n) is 5.30. The fraction of sp³-hybridized carbons (Fsp3) is 0.261. The second-order valence-corrected chi connectivity index (χ2v) is 8.03. The number of ether oxygens (including phenoxy) is 1. The Labute approximate surface area is 207 Å². The van der Waals surface area contributed by atoms with Crippen molar-refractivity contribution in [3.05, 3.63) is 60.2 Å². The van der Waals surface area contributed by atoms with Gasteiger partial charge >= 0.3 is 6.61 Å². The molecular formula is C23H21F4N7O3. The molecule has 0 saturated heterocycles. The Morgan fingerprint density at radius 2 is 2.00 bits per heavy atom. The van der Waals surface area contributed by atoms with Crippen LogP contribution in [0.2, 0.25) is 0 Å². The first kappa shape index (κ1) is 25.6. The van der Waals surface area contributed by atoms with E-state index in [0.29, 0.717) is 0 Å². The van der Waals surface area contributed by atoms with Gasteiger partial charge in [0.05, 0.1) is 11.9 Å². The predicted molar refractivity (Wildman–Crippen MR) is 124 cm³/mol.